The van der Waals surface area contributed by atoms with Crippen LogP contribution in [-0.2, 0) is 6.42 Å². The maximum absolute atomic E-state index is 5.68. The van der Waals surface area contributed by atoms with Crippen molar-refractivity contribution >= 4 is 27.3 Å². The van der Waals surface area contributed by atoms with Crippen molar-refractivity contribution in [1.82, 2.24) is 0 Å². The molecule has 2 nitrogen and oxygen atoms in total. The molecule has 18 heavy (non-hydrogen) atoms. The molecule has 94 valence electrons. The summed E-state index contributed by atoms with van der Waals surface area (Å²) >= 11 is 3.51. The minimum Gasteiger partial charge on any atom is -0.344 e. The van der Waals surface area contributed by atoms with E-state index in [2.05, 4.69) is 58.2 Å². The Morgan fingerprint density at radius 3 is 2.50 bits per heavy atom. The molecule has 0 atom stereocenters. The summed E-state index contributed by atoms with van der Waals surface area (Å²) in [5.74, 6) is 0. The van der Waals surface area contributed by atoms with Crippen molar-refractivity contribution in [3.63, 3.8) is 0 Å². The molecule has 0 aromatic heterocycles. The second-order valence-electron chi connectivity index (χ2n) is 4.21. The van der Waals surface area contributed by atoms with E-state index in [0.29, 0.717) is 6.54 Å². The molecule has 2 aromatic carbocycles. The molecule has 3 heteroatoms. The number of nitrogens with zero attached hydrogens (tertiary/aromatic N) is 1. The van der Waals surface area contributed by atoms with Crippen LogP contribution in [0.3, 0.4) is 0 Å². The molecule has 2 aromatic rings. The van der Waals surface area contributed by atoms with E-state index in [1.807, 2.05) is 18.2 Å². The third-order valence-electron chi connectivity index (χ3n) is 2.96. The van der Waals surface area contributed by atoms with Crippen LogP contribution >= 0.6 is 15.9 Å². The summed E-state index contributed by atoms with van der Waals surface area (Å²) in [5, 5.41) is 0. The van der Waals surface area contributed by atoms with Crippen molar-refractivity contribution in [3.8, 4) is 0 Å². The van der Waals surface area contributed by atoms with Crippen LogP contribution in [0, 0.1) is 0 Å². The molecule has 0 radical (unpaired) electrons. The Morgan fingerprint density at radius 2 is 1.83 bits per heavy atom. The summed E-state index contributed by atoms with van der Waals surface area (Å²) < 4.78 is 1.09. The first-order valence-corrected chi connectivity index (χ1v) is 6.79. The zero-order valence-electron chi connectivity index (χ0n) is 10.4. The van der Waals surface area contributed by atoms with Crippen LogP contribution in [0.15, 0.2) is 53.0 Å². The van der Waals surface area contributed by atoms with Gasteiger partial charge in [-0.25, -0.2) is 0 Å². The van der Waals surface area contributed by atoms with Gasteiger partial charge in [-0.1, -0.05) is 34.1 Å². The average Bonchev–Trinajstić information content (AvgIpc) is 2.40. The molecule has 2 N–H and O–H groups in total. The number of nitrogens with two attached hydrogens (primary N) is 1. The van der Waals surface area contributed by atoms with Crippen molar-refractivity contribution in [2.24, 2.45) is 5.73 Å². The lowest BCUT2D eigenvalue weighted by Crippen LogP contribution is -2.13. The molecule has 0 aliphatic carbocycles. The van der Waals surface area contributed by atoms with Gasteiger partial charge in [0.15, 0.2) is 0 Å². The van der Waals surface area contributed by atoms with Crippen LogP contribution in [0.5, 0.6) is 0 Å². The van der Waals surface area contributed by atoms with Gasteiger partial charge in [0.1, 0.15) is 0 Å². The first kappa shape index (κ1) is 13.1. The molecular weight excluding hydrogens is 288 g/mol. The maximum Gasteiger partial charge on any atom is 0.0441 e. The first-order valence-electron chi connectivity index (χ1n) is 5.99. The first-order chi connectivity index (χ1) is 8.72. The lowest BCUT2D eigenvalue weighted by molar-refractivity contribution is 0.960. The Hall–Kier alpha value is -1.32. The fourth-order valence-corrected chi connectivity index (χ4v) is 2.44. The summed E-state index contributed by atoms with van der Waals surface area (Å²) in [6, 6.07) is 16.7. The lowest BCUT2D eigenvalue weighted by atomic mass is 10.1. The Bertz CT molecular complexity index is 511. The molecule has 0 amide bonds. The predicted molar refractivity (Wildman–Crippen MR) is 81.4 cm³/mol. The number of rotatable bonds is 4. The second kappa shape index (κ2) is 6.03. The fourth-order valence-electron chi connectivity index (χ4n) is 2.03. The topological polar surface area (TPSA) is 29.3 Å². The van der Waals surface area contributed by atoms with Gasteiger partial charge in [0.05, 0.1) is 0 Å². The summed E-state index contributed by atoms with van der Waals surface area (Å²) in [6.45, 7) is 0.659. The second-order valence-corrected chi connectivity index (χ2v) is 5.12. The lowest BCUT2D eigenvalue weighted by Gasteiger charge is -2.22. The van der Waals surface area contributed by atoms with Gasteiger partial charge in [-0.2, -0.15) is 0 Å². The summed E-state index contributed by atoms with van der Waals surface area (Å²) in [5.41, 5.74) is 9.33. The highest BCUT2D eigenvalue weighted by Gasteiger charge is 2.09. The number of anilines is 2. The van der Waals surface area contributed by atoms with Gasteiger partial charge in [0, 0.05) is 22.9 Å². The molecule has 0 saturated carbocycles. The quantitative estimate of drug-likeness (QED) is 0.933. The summed E-state index contributed by atoms with van der Waals surface area (Å²) in [4.78, 5) is 2.19. The van der Waals surface area contributed by atoms with E-state index < -0.39 is 0 Å². The third-order valence-corrected chi connectivity index (χ3v) is 3.45. The minimum atomic E-state index is 0.659. The van der Waals surface area contributed by atoms with Crippen molar-refractivity contribution in [3.05, 3.63) is 58.6 Å². The van der Waals surface area contributed by atoms with Gasteiger partial charge in [0.2, 0.25) is 0 Å². The van der Waals surface area contributed by atoms with Crippen LogP contribution in [0.25, 0.3) is 0 Å². The molecule has 0 unspecified atom stereocenters. The van der Waals surface area contributed by atoms with Crippen molar-refractivity contribution < 1.29 is 0 Å². The van der Waals surface area contributed by atoms with Gasteiger partial charge >= 0.3 is 0 Å². The van der Waals surface area contributed by atoms with Crippen LogP contribution in [0.4, 0.5) is 11.4 Å². The Labute approximate surface area is 117 Å². The van der Waals surface area contributed by atoms with Crippen LogP contribution < -0.4 is 10.6 Å². The van der Waals surface area contributed by atoms with Gasteiger partial charge in [-0.3, -0.25) is 0 Å². The molecule has 0 fully saturated rings. The number of hydrogen-bond acceptors (Lipinski definition) is 2. The highest BCUT2D eigenvalue weighted by molar-refractivity contribution is 9.10. The van der Waals surface area contributed by atoms with Gasteiger partial charge < -0.3 is 10.6 Å². The predicted octanol–water partition coefficient (Wildman–Crippen LogP) is 3.72. The smallest absolute Gasteiger partial charge is 0.0441 e. The normalized spacial score (nSPS) is 10.4. The summed E-state index contributed by atoms with van der Waals surface area (Å²) in [7, 11) is 2.08. The van der Waals surface area contributed by atoms with E-state index in [-0.39, 0.29) is 0 Å². The number of benzene rings is 2. The third kappa shape index (κ3) is 2.92. The zero-order chi connectivity index (χ0) is 13.0. The fraction of sp³-hybridized carbons (Fsp3) is 0.200. The molecule has 0 saturated heterocycles. The van der Waals surface area contributed by atoms with Crippen LogP contribution in [0.1, 0.15) is 5.56 Å². The number of halogens is 1. The average molecular weight is 305 g/mol. The highest BCUT2D eigenvalue weighted by atomic mass is 79.9. The van der Waals surface area contributed by atoms with E-state index in [9.17, 15) is 0 Å². The number of para-hydroxylation sites is 1. The molecule has 0 spiro atoms. The Morgan fingerprint density at radius 1 is 1.11 bits per heavy atom. The van der Waals surface area contributed by atoms with Crippen molar-refractivity contribution in [2.75, 3.05) is 18.5 Å². The van der Waals surface area contributed by atoms with Crippen molar-refractivity contribution in [2.45, 2.75) is 6.42 Å². The summed E-state index contributed by atoms with van der Waals surface area (Å²) in [6.07, 6.45) is 0.881. The SMILES string of the molecule is CN(c1ccccc1)c1ccc(Br)cc1CCN. The molecule has 0 aliphatic rings. The standard InChI is InChI=1S/C15H17BrN2/c1-18(14-5-3-2-4-6-14)15-8-7-13(16)11-12(15)9-10-17/h2-8,11H,9-10,17H2,1H3. The molecular formula is C15H17BrN2. The number of hydrogen-bond donors (Lipinski definition) is 1. The molecule has 0 heterocycles. The van der Waals surface area contributed by atoms with E-state index >= 15 is 0 Å². The molecule has 2 rings (SSSR count). The van der Waals surface area contributed by atoms with Gasteiger partial charge in [-0.05, 0) is 48.9 Å². The van der Waals surface area contributed by atoms with E-state index in [1.165, 1.54) is 16.9 Å². The molecule has 0 bridgehead atoms. The minimum absolute atomic E-state index is 0.659. The van der Waals surface area contributed by atoms with Crippen LogP contribution in [-0.4, -0.2) is 13.6 Å². The zero-order valence-corrected chi connectivity index (χ0v) is 12.0. The van der Waals surface area contributed by atoms with Gasteiger partial charge in [-0.15, -0.1) is 0 Å². The molecule has 0 aliphatic heterocycles. The Kier molecular flexibility index (Phi) is 4.39. The van der Waals surface area contributed by atoms with Crippen LogP contribution in [0.2, 0.25) is 0 Å². The van der Waals surface area contributed by atoms with E-state index in [4.69, 9.17) is 5.73 Å². The largest absolute Gasteiger partial charge is 0.344 e. The monoisotopic (exact) mass is 304 g/mol. The highest BCUT2D eigenvalue weighted by Crippen LogP contribution is 2.29. The van der Waals surface area contributed by atoms with E-state index in [0.717, 1.165) is 10.9 Å². The van der Waals surface area contributed by atoms with Gasteiger partial charge in [0.25, 0.3) is 0 Å². The Balaban J connectivity index is 2.38. The van der Waals surface area contributed by atoms with E-state index in [1.54, 1.807) is 0 Å². The maximum atomic E-state index is 5.68. The van der Waals surface area contributed by atoms with Crippen molar-refractivity contribution in [1.29, 1.82) is 0 Å².